The van der Waals surface area contributed by atoms with Crippen LogP contribution in [-0.2, 0) is 14.3 Å². The number of carbonyl (C=O) groups is 2. The van der Waals surface area contributed by atoms with Crippen LogP contribution in [0.15, 0.2) is 0 Å². The topological polar surface area (TPSA) is 43.4 Å². The van der Waals surface area contributed by atoms with Gasteiger partial charge >= 0.3 is 0 Å². The standard InChI is InChI=1S/C12H18O3/c1-11(2)9-4-5-12(11,3)10(14)8(9)6-15-7-13/h7-9H,4-6H2,1-3H3/t8-,9-,12+/m1/s1. The first-order valence-corrected chi connectivity index (χ1v) is 5.54. The summed E-state index contributed by atoms with van der Waals surface area (Å²) in [6.45, 7) is 7.11. The van der Waals surface area contributed by atoms with Crippen LogP contribution in [0.5, 0.6) is 0 Å². The fraction of sp³-hybridized carbons (Fsp3) is 0.833. The monoisotopic (exact) mass is 210 g/mol. The van der Waals surface area contributed by atoms with Gasteiger partial charge < -0.3 is 4.74 Å². The average Bonchev–Trinajstić information content (AvgIpc) is 2.48. The largest absolute Gasteiger partial charge is 0.467 e. The summed E-state index contributed by atoms with van der Waals surface area (Å²) in [7, 11) is 0. The minimum atomic E-state index is -0.200. The van der Waals surface area contributed by atoms with Crippen LogP contribution in [0.25, 0.3) is 0 Å². The van der Waals surface area contributed by atoms with E-state index in [4.69, 9.17) is 4.74 Å². The molecule has 0 radical (unpaired) electrons. The number of Topliss-reactive ketones (excluding diaryl/α,β-unsaturated/α-hetero) is 1. The first-order chi connectivity index (χ1) is 6.95. The fourth-order valence-corrected chi connectivity index (χ4v) is 3.61. The minimum absolute atomic E-state index is 0.0565. The molecule has 0 aromatic carbocycles. The number of ketones is 1. The van der Waals surface area contributed by atoms with E-state index in [1.165, 1.54) is 0 Å². The van der Waals surface area contributed by atoms with E-state index in [-0.39, 0.29) is 23.4 Å². The number of hydrogen-bond donors (Lipinski definition) is 0. The Labute approximate surface area is 90.2 Å². The summed E-state index contributed by atoms with van der Waals surface area (Å²) in [5.41, 5.74) is -0.143. The molecule has 0 amide bonds. The Bertz CT molecular complexity index is 308. The van der Waals surface area contributed by atoms with Gasteiger partial charge in [-0.2, -0.15) is 0 Å². The third-order valence-corrected chi connectivity index (χ3v) is 5.01. The highest BCUT2D eigenvalue weighted by Gasteiger charge is 2.66. The molecule has 0 saturated heterocycles. The molecule has 0 aromatic heterocycles. The summed E-state index contributed by atoms with van der Waals surface area (Å²) in [6.07, 6.45) is 2.07. The Balaban J connectivity index is 2.26. The van der Waals surface area contributed by atoms with Crippen LogP contribution in [-0.4, -0.2) is 18.9 Å². The molecule has 0 unspecified atom stereocenters. The van der Waals surface area contributed by atoms with Crippen molar-refractivity contribution in [3.05, 3.63) is 0 Å². The van der Waals surface area contributed by atoms with Crippen LogP contribution in [0, 0.1) is 22.7 Å². The van der Waals surface area contributed by atoms with Crippen molar-refractivity contribution >= 4 is 12.3 Å². The molecular formula is C12H18O3. The fourth-order valence-electron chi connectivity index (χ4n) is 3.61. The molecule has 0 spiro atoms. The van der Waals surface area contributed by atoms with E-state index in [1.807, 2.05) is 0 Å². The lowest BCUT2D eigenvalue weighted by molar-refractivity contribution is -0.137. The quantitative estimate of drug-likeness (QED) is 0.667. The van der Waals surface area contributed by atoms with Crippen LogP contribution < -0.4 is 0 Å². The predicted octanol–water partition coefficient (Wildman–Crippen LogP) is 1.80. The second-order valence-corrected chi connectivity index (χ2v) is 5.60. The van der Waals surface area contributed by atoms with Crippen LogP contribution in [0.2, 0.25) is 0 Å². The van der Waals surface area contributed by atoms with Crippen LogP contribution >= 0.6 is 0 Å². The van der Waals surface area contributed by atoms with E-state index in [2.05, 4.69) is 20.8 Å². The molecule has 0 aromatic rings. The van der Waals surface area contributed by atoms with Gasteiger partial charge in [-0.1, -0.05) is 20.8 Å². The van der Waals surface area contributed by atoms with Gasteiger partial charge in [-0.15, -0.1) is 0 Å². The molecule has 15 heavy (non-hydrogen) atoms. The molecule has 2 aliphatic carbocycles. The van der Waals surface area contributed by atoms with Crippen molar-refractivity contribution in [1.82, 2.24) is 0 Å². The summed E-state index contributed by atoms with van der Waals surface area (Å²) in [5, 5.41) is 0. The van der Waals surface area contributed by atoms with Gasteiger partial charge in [-0.25, -0.2) is 0 Å². The summed E-state index contributed by atoms with van der Waals surface area (Å²) in [5.74, 6) is 0.615. The third-order valence-electron chi connectivity index (χ3n) is 5.01. The van der Waals surface area contributed by atoms with E-state index in [0.29, 0.717) is 18.2 Å². The van der Waals surface area contributed by atoms with E-state index >= 15 is 0 Å². The molecule has 84 valence electrons. The summed E-state index contributed by atoms with van der Waals surface area (Å²) < 4.78 is 4.78. The normalized spacial score (nSPS) is 41.9. The maximum absolute atomic E-state index is 12.2. The van der Waals surface area contributed by atoms with Gasteiger partial charge in [0, 0.05) is 5.41 Å². The molecule has 3 nitrogen and oxygen atoms in total. The molecule has 3 atom stereocenters. The number of carbonyl (C=O) groups excluding carboxylic acids is 2. The predicted molar refractivity (Wildman–Crippen MR) is 55.1 cm³/mol. The maximum atomic E-state index is 12.2. The molecule has 2 bridgehead atoms. The van der Waals surface area contributed by atoms with Crippen molar-refractivity contribution < 1.29 is 14.3 Å². The van der Waals surface area contributed by atoms with Crippen LogP contribution in [0.1, 0.15) is 33.6 Å². The molecule has 0 heterocycles. The van der Waals surface area contributed by atoms with E-state index in [9.17, 15) is 9.59 Å². The first kappa shape index (κ1) is 10.7. The van der Waals surface area contributed by atoms with Gasteiger partial charge in [-0.3, -0.25) is 9.59 Å². The lowest BCUT2D eigenvalue weighted by Gasteiger charge is -2.32. The zero-order valence-electron chi connectivity index (χ0n) is 9.58. The molecule has 2 fully saturated rings. The van der Waals surface area contributed by atoms with Crippen molar-refractivity contribution in [3.63, 3.8) is 0 Å². The van der Waals surface area contributed by atoms with Crippen molar-refractivity contribution in [2.24, 2.45) is 22.7 Å². The molecule has 0 aliphatic heterocycles. The molecule has 3 heteroatoms. The SMILES string of the molecule is CC1(C)[C@@H]2CC[C@@]1(C)C(=O)[C@@H]2COC=O. The highest BCUT2D eigenvalue weighted by atomic mass is 16.5. The Kier molecular flexibility index (Phi) is 2.18. The molecule has 2 aliphatic rings. The molecule has 0 N–H and O–H groups in total. The summed E-state index contributed by atoms with van der Waals surface area (Å²) in [4.78, 5) is 22.4. The van der Waals surface area contributed by atoms with Crippen molar-refractivity contribution in [1.29, 1.82) is 0 Å². The van der Waals surface area contributed by atoms with Gasteiger partial charge in [0.15, 0.2) is 0 Å². The Hall–Kier alpha value is -0.860. The zero-order valence-corrected chi connectivity index (χ0v) is 9.58. The zero-order chi connectivity index (χ0) is 11.3. The summed E-state index contributed by atoms with van der Waals surface area (Å²) >= 11 is 0. The van der Waals surface area contributed by atoms with Crippen molar-refractivity contribution in [3.8, 4) is 0 Å². The first-order valence-electron chi connectivity index (χ1n) is 5.54. The van der Waals surface area contributed by atoms with E-state index < -0.39 is 0 Å². The van der Waals surface area contributed by atoms with Gasteiger partial charge in [0.05, 0.1) is 5.92 Å². The number of rotatable bonds is 3. The maximum Gasteiger partial charge on any atom is 0.293 e. The van der Waals surface area contributed by atoms with Gasteiger partial charge in [0.1, 0.15) is 12.4 Å². The lowest BCUT2D eigenvalue weighted by Crippen LogP contribution is -2.34. The van der Waals surface area contributed by atoms with E-state index in [0.717, 1.165) is 12.8 Å². The lowest BCUT2D eigenvalue weighted by atomic mass is 9.70. The Morgan fingerprint density at radius 3 is 2.60 bits per heavy atom. The highest BCUT2D eigenvalue weighted by Crippen LogP contribution is 2.65. The number of fused-ring (bicyclic) bond motifs is 2. The van der Waals surface area contributed by atoms with E-state index in [1.54, 1.807) is 0 Å². The molecular weight excluding hydrogens is 192 g/mol. The Morgan fingerprint density at radius 2 is 2.13 bits per heavy atom. The number of hydrogen-bond acceptors (Lipinski definition) is 3. The Morgan fingerprint density at radius 1 is 1.47 bits per heavy atom. The summed E-state index contributed by atoms with van der Waals surface area (Å²) in [6, 6.07) is 0. The van der Waals surface area contributed by atoms with Crippen molar-refractivity contribution in [2.75, 3.05) is 6.61 Å². The van der Waals surface area contributed by atoms with Gasteiger partial charge in [0.25, 0.3) is 6.47 Å². The highest BCUT2D eigenvalue weighted by molar-refractivity contribution is 5.91. The van der Waals surface area contributed by atoms with Gasteiger partial charge in [0.2, 0.25) is 0 Å². The van der Waals surface area contributed by atoms with Gasteiger partial charge in [-0.05, 0) is 24.2 Å². The molecule has 2 saturated carbocycles. The minimum Gasteiger partial charge on any atom is -0.467 e. The third kappa shape index (κ3) is 1.12. The molecule has 2 rings (SSSR count). The van der Waals surface area contributed by atoms with Crippen LogP contribution in [0.4, 0.5) is 0 Å². The second kappa shape index (κ2) is 3.06. The van der Waals surface area contributed by atoms with Crippen molar-refractivity contribution in [2.45, 2.75) is 33.6 Å². The average molecular weight is 210 g/mol. The van der Waals surface area contributed by atoms with Crippen LogP contribution in [0.3, 0.4) is 0 Å². The second-order valence-electron chi connectivity index (χ2n) is 5.60. The smallest absolute Gasteiger partial charge is 0.293 e. The number of ether oxygens (including phenoxy) is 1.